The molecule has 1 aromatic rings. The third-order valence-electron chi connectivity index (χ3n) is 3.57. The van der Waals surface area contributed by atoms with Crippen LogP contribution in [0.3, 0.4) is 0 Å². The van der Waals surface area contributed by atoms with Crippen molar-refractivity contribution in [1.82, 2.24) is 10.6 Å². The average Bonchev–Trinajstić information content (AvgIpc) is 3.07. The summed E-state index contributed by atoms with van der Waals surface area (Å²) in [6, 6.07) is 8.14. The standard InChI is InChI=1S/C15H23N3O/c1-4-16-11(2)12-6-5-7-13(10-12)17-14(19)18-15(3)8-9-15/h5-7,10-11,16H,4,8-9H2,1-3H3,(H2,17,18,19). The molecule has 0 spiro atoms. The Labute approximate surface area is 115 Å². The zero-order chi connectivity index (χ0) is 13.9. The van der Waals surface area contributed by atoms with Crippen LogP contribution in [0, 0.1) is 0 Å². The molecule has 0 heterocycles. The van der Waals surface area contributed by atoms with Crippen molar-refractivity contribution in [2.45, 2.75) is 45.2 Å². The number of rotatable bonds is 5. The number of nitrogens with one attached hydrogen (secondary N) is 3. The molecule has 1 atom stereocenters. The van der Waals surface area contributed by atoms with Crippen LogP contribution >= 0.6 is 0 Å². The van der Waals surface area contributed by atoms with E-state index in [1.54, 1.807) is 0 Å². The SMILES string of the molecule is CCNC(C)c1cccc(NC(=O)NC2(C)CC2)c1. The largest absolute Gasteiger partial charge is 0.333 e. The quantitative estimate of drug-likeness (QED) is 0.763. The number of carbonyl (C=O) groups excluding carboxylic acids is 1. The lowest BCUT2D eigenvalue weighted by atomic mass is 10.1. The van der Waals surface area contributed by atoms with Gasteiger partial charge in [0.2, 0.25) is 0 Å². The topological polar surface area (TPSA) is 53.2 Å². The van der Waals surface area contributed by atoms with Crippen molar-refractivity contribution in [2.75, 3.05) is 11.9 Å². The molecule has 3 N–H and O–H groups in total. The van der Waals surface area contributed by atoms with Gasteiger partial charge in [0.15, 0.2) is 0 Å². The lowest BCUT2D eigenvalue weighted by Gasteiger charge is -2.16. The second-order valence-corrected chi connectivity index (χ2v) is 5.54. The van der Waals surface area contributed by atoms with Crippen LogP contribution in [0.2, 0.25) is 0 Å². The van der Waals surface area contributed by atoms with E-state index in [9.17, 15) is 4.79 Å². The molecule has 0 bridgehead atoms. The summed E-state index contributed by atoms with van der Waals surface area (Å²) in [6.45, 7) is 7.20. The fourth-order valence-corrected chi connectivity index (χ4v) is 2.06. The Morgan fingerprint density at radius 1 is 1.42 bits per heavy atom. The molecular formula is C15H23N3O. The van der Waals surface area contributed by atoms with Gasteiger partial charge in [0.25, 0.3) is 0 Å². The Balaban J connectivity index is 1.96. The van der Waals surface area contributed by atoms with Gasteiger partial charge in [0, 0.05) is 17.3 Å². The van der Waals surface area contributed by atoms with Crippen molar-refractivity contribution in [3.8, 4) is 0 Å². The van der Waals surface area contributed by atoms with Crippen molar-refractivity contribution in [3.05, 3.63) is 29.8 Å². The molecule has 1 fully saturated rings. The van der Waals surface area contributed by atoms with Gasteiger partial charge in [-0.05, 0) is 50.9 Å². The maximum Gasteiger partial charge on any atom is 0.319 e. The first-order chi connectivity index (χ1) is 9.02. The number of urea groups is 1. The molecule has 1 saturated carbocycles. The Morgan fingerprint density at radius 2 is 2.16 bits per heavy atom. The highest BCUT2D eigenvalue weighted by atomic mass is 16.2. The second-order valence-electron chi connectivity index (χ2n) is 5.54. The average molecular weight is 261 g/mol. The molecule has 0 radical (unpaired) electrons. The fourth-order valence-electron chi connectivity index (χ4n) is 2.06. The van der Waals surface area contributed by atoms with Crippen molar-refractivity contribution in [2.24, 2.45) is 0 Å². The molecule has 19 heavy (non-hydrogen) atoms. The summed E-state index contributed by atoms with van der Waals surface area (Å²) in [5, 5.41) is 9.25. The van der Waals surface area contributed by atoms with E-state index in [0.29, 0.717) is 0 Å². The van der Waals surface area contributed by atoms with E-state index >= 15 is 0 Å². The first kappa shape index (κ1) is 13.9. The zero-order valence-corrected chi connectivity index (χ0v) is 11.9. The summed E-state index contributed by atoms with van der Waals surface area (Å²) in [4.78, 5) is 11.8. The lowest BCUT2D eigenvalue weighted by molar-refractivity contribution is 0.248. The Morgan fingerprint density at radius 3 is 2.79 bits per heavy atom. The molecule has 0 aromatic heterocycles. The second kappa shape index (κ2) is 5.61. The van der Waals surface area contributed by atoms with E-state index < -0.39 is 0 Å². The molecule has 4 nitrogen and oxygen atoms in total. The molecule has 0 saturated heterocycles. The van der Waals surface area contributed by atoms with E-state index in [-0.39, 0.29) is 17.6 Å². The van der Waals surface area contributed by atoms with Gasteiger partial charge in [-0.1, -0.05) is 19.1 Å². The number of carbonyl (C=O) groups is 1. The van der Waals surface area contributed by atoms with Crippen molar-refractivity contribution < 1.29 is 4.79 Å². The van der Waals surface area contributed by atoms with Gasteiger partial charge >= 0.3 is 6.03 Å². The summed E-state index contributed by atoms with van der Waals surface area (Å²) >= 11 is 0. The van der Waals surface area contributed by atoms with Gasteiger partial charge in [-0.25, -0.2) is 4.79 Å². The van der Waals surface area contributed by atoms with Crippen LogP contribution in [0.25, 0.3) is 0 Å². The lowest BCUT2D eigenvalue weighted by Crippen LogP contribution is -2.37. The third-order valence-corrected chi connectivity index (χ3v) is 3.57. The maximum absolute atomic E-state index is 11.8. The molecular weight excluding hydrogens is 238 g/mol. The summed E-state index contributed by atoms with van der Waals surface area (Å²) in [6.07, 6.45) is 2.13. The fraction of sp³-hybridized carbons (Fsp3) is 0.533. The summed E-state index contributed by atoms with van der Waals surface area (Å²) in [5.74, 6) is 0. The smallest absolute Gasteiger partial charge is 0.319 e. The summed E-state index contributed by atoms with van der Waals surface area (Å²) in [5.41, 5.74) is 2.03. The summed E-state index contributed by atoms with van der Waals surface area (Å²) < 4.78 is 0. The van der Waals surface area contributed by atoms with Crippen LogP contribution in [0.4, 0.5) is 10.5 Å². The van der Waals surface area contributed by atoms with E-state index in [0.717, 1.165) is 25.1 Å². The molecule has 0 aliphatic heterocycles. The van der Waals surface area contributed by atoms with Crippen molar-refractivity contribution >= 4 is 11.7 Å². The van der Waals surface area contributed by atoms with E-state index in [1.807, 2.05) is 18.2 Å². The Hall–Kier alpha value is -1.55. The minimum atomic E-state index is -0.117. The van der Waals surface area contributed by atoms with Crippen LogP contribution in [0.5, 0.6) is 0 Å². The molecule has 104 valence electrons. The molecule has 1 unspecified atom stereocenters. The first-order valence-corrected chi connectivity index (χ1v) is 6.95. The third kappa shape index (κ3) is 3.96. The highest BCUT2D eigenvalue weighted by Gasteiger charge is 2.38. The van der Waals surface area contributed by atoms with Crippen LogP contribution < -0.4 is 16.0 Å². The van der Waals surface area contributed by atoms with Gasteiger partial charge < -0.3 is 16.0 Å². The van der Waals surface area contributed by atoms with Gasteiger partial charge in [-0.15, -0.1) is 0 Å². The number of hydrogen-bond donors (Lipinski definition) is 3. The molecule has 2 amide bonds. The molecule has 4 heteroatoms. The first-order valence-electron chi connectivity index (χ1n) is 6.95. The number of benzene rings is 1. The minimum absolute atomic E-state index is 0.0127. The van der Waals surface area contributed by atoms with Crippen LogP contribution in [0.15, 0.2) is 24.3 Å². The molecule has 1 aliphatic rings. The highest BCUT2D eigenvalue weighted by molar-refractivity contribution is 5.90. The normalized spacial score (nSPS) is 17.6. The molecule has 1 aliphatic carbocycles. The predicted molar refractivity (Wildman–Crippen MR) is 78.3 cm³/mol. The minimum Gasteiger partial charge on any atom is -0.333 e. The van der Waals surface area contributed by atoms with Crippen LogP contribution in [-0.4, -0.2) is 18.1 Å². The van der Waals surface area contributed by atoms with E-state index in [2.05, 4.69) is 42.8 Å². The van der Waals surface area contributed by atoms with Gasteiger partial charge in [0.1, 0.15) is 0 Å². The molecule has 2 rings (SSSR count). The summed E-state index contributed by atoms with van der Waals surface area (Å²) in [7, 11) is 0. The van der Waals surface area contributed by atoms with Crippen molar-refractivity contribution in [3.63, 3.8) is 0 Å². The number of hydrogen-bond acceptors (Lipinski definition) is 2. The monoisotopic (exact) mass is 261 g/mol. The number of anilines is 1. The predicted octanol–water partition coefficient (Wildman–Crippen LogP) is 3.03. The molecule has 1 aromatic carbocycles. The van der Waals surface area contributed by atoms with Gasteiger partial charge in [-0.3, -0.25) is 0 Å². The Kier molecular flexibility index (Phi) is 4.10. The zero-order valence-electron chi connectivity index (χ0n) is 11.9. The highest BCUT2D eigenvalue weighted by Crippen LogP contribution is 2.34. The van der Waals surface area contributed by atoms with Crippen molar-refractivity contribution in [1.29, 1.82) is 0 Å². The van der Waals surface area contributed by atoms with E-state index in [4.69, 9.17) is 0 Å². The number of amides is 2. The van der Waals surface area contributed by atoms with Gasteiger partial charge in [0.05, 0.1) is 0 Å². The maximum atomic E-state index is 11.8. The van der Waals surface area contributed by atoms with E-state index in [1.165, 1.54) is 5.56 Å². The Bertz CT molecular complexity index is 454. The van der Waals surface area contributed by atoms with Gasteiger partial charge in [-0.2, -0.15) is 0 Å². The van der Waals surface area contributed by atoms with Crippen LogP contribution in [0.1, 0.15) is 45.2 Å². The van der Waals surface area contributed by atoms with Crippen LogP contribution in [-0.2, 0) is 0 Å².